The number of nitrogens with zero attached hydrogens (tertiary/aromatic N) is 1. The molecule has 1 aliphatic rings. The van der Waals surface area contributed by atoms with Crippen LogP contribution in [0.3, 0.4) is 0 Å². The van der Waals surface area contributed by atoms with Crippen LogP contribution in [-0.2, 0) is 4.84 Å². The molecule has 1 rings (SSSR count). The van der Waals surface area contributed by atoms with Crippen molar-refractivity contribution in [3.63, 3.8) is 0 Å². The van der Waals surface area contributed by atoms with Crippen molar-refractivity contribution in [2.24, 2.45) is 5.16 Å². The summed E-state index contributed by atoms with van der Waals surface area (Å²) in [4.78, 5) is 15.2. The van der Waals surface area contributed by atoms with E-state index in [2.05, 4.69) is 15.3 Å². The maximum Gasteiger partial charge on any atom is 0.433 e. The molecule has 0 bridgehead atoms. The van der Waals surface area contributed by atoms with Gasteiger partial charge in [-0.25, -0.2) is 4.79 Å². The van der Waals surface area contributed by atoms with Gasteiger partial charge in [0.2, 0.25) is 0 Å². The molecule has 1 aliphatic heterocycles. The number of hydrogen-bond acceptors (Lipinski definition) is 5. The first-order valence-corrected chi connectivity index (χ1v) is 5.48. The van der Waals surface area contributed by atoms with E-state index in [-0.39, 0.29) is 0 Å². The van der Waals surface area contributed by atoms with Crippen molar-refractivity contribution in [3.05, 3.63) is 0 Å². The Morgan fingerprint density at radius 2 is 2.58 bits per heavy atom. The molecule has 4 nitrogen and oxygen atoms in total. The van der Waals surface area contributed by atoms with E-state index >= 15 is 0 Å². The molecular weight excluding hydrogens is 196 g/mol. The zero-order valence-corrected chi connectivity index (χ0v) is 8.50. The molecule has 1 fully saturated rings. The molecule has 1 heterocycles. The molecule has 1 unspecified atom stereocenters. The first-order chi connectivity index (χ1) is 5.74. The van der Waals surface area contributed by atoms with Gasteiger partial charge in [-0.15, -0.1) is 11.8 Å². The highest BCUT2D eigenvalue weighted by Crippen LogP contribution is 2.31. The Labute approximate surface area is 79.5 Å². The average molecular weight is 206 g/mol. The summed E-state index contributed by atoms with van der Waals surface area (Å²) >= 11 is 3.40. The van der Waals surface area contributed by atoms with Crippen molar-refractivity contribution in [3.8, 4) is 0 Å². The van der Waals surface area contributed by atoms with E-state index < -0.39 is 6.09 Å². The Balaban J connectivity index is 2.40. The monoisotopic (exact) mass is 206 g/mol. The summed E-state index contributed by atoms with van der Waals surface area (Å²) in [7, 11) is 1.50. The van der Waals surface area contributed by atoms with Gasteiger partial charge in [-0.1, -0.05) is 16.9 Å². The van der Waals surface area contributed by atoms with Crippen molar-refractivity contribution in [1.82, 2.24) is 5.32 Å². The smallest absolute Gasteiger partial charge is 0.323 e. The zero-order valence-electron chi connectivity index (χ0n) is 6.86. The van der Waals surface area contributed by atoms with E-state index in [0.29, 0.717) is 5.25 Å². The van der Waals surface area contributed by atoms with E-state index in [1.54, 1.807) is 23.5 Å². The number of carbonyl (C=O) groups is 1. The molecule has 12 heavy (non-hydrogen) atoms. The Hall–Kier alpha value is -0.360. The molecular formula is C6H10N2O2S2. The minimum Gasteiger partial charge on any atom is -0.323 e. The molecule has 6 heteroatoms. The first kappa shape index (κ1) is 9.73. The minimum atomic E-state index is -0.521. The van der Waals surface area contributed by atoms with Crippen LogP contribution in [0.4, 0.5) is 4.79 Å². The number of hydrogen-bond donors (Lipinski definition) is 1. The largest absolute Gasteiger partial charge is 0.433 e. The van der Waals surface area contributed by atoms with Crippen molar-refractivity contribution < 1.29 is 9.63 Å². The highest BCUT2D eigenvalue weighted by atomic mass is 32.2. The molecule has 1 amide bonds. The van der Waals surface area contributed by atoms with Crippen LogP contribution in [0.2, 0.25) is 0 Å². The third kappa shape index (κ3) is 2.60. The van der Waals surface area contributed by atoms with Crippen molar-refractivity contribution >= 4 is 34.7 Å². The first-order valence-electron chi connectivity index (χ1n) is 3.45. The van der Waals surface area contributed by atoms with Crippen LogP contribution in [0.5, 0.6) is 0 Å². The second-order valence-electron chi connectivity index (χ2n) is 2.13. The highest BCUT2D eigenvalue weighted by molar-refractivity contribution is 8.29. The van der Waals surface area contributed by atoms with E-state index in [4.69, 9.17) is 0 Å². The van der Waals surface area contributed by atoms with Gasteiger partial charge in [0.1, 0.15) is 5.04 Å². The van der Waals surface area contributed by atoms with Gasteiger partial charge >= 0.3 is 6.09 Å². The molecule has 0 aromatic heterocycles. The van der Waals surface area contributed by atoms with Crippen molar-refractivity contribution in [2.75, 3.05) is 12.1 Å². The third-order valence-electron chi connectivity index (χ3n) is 1.30. The Morgan fingerprint density at radius 1 is 1.83 bits per heavy atom. The lowest BCUT2D eigenvalue weighted by Gasteiger charge is -1.99. The molecule has 0 saturated carbocycles. The van der Waals surface area contributed by atoms with Crippen LogP contribution in [-0.4, -0.2) is 28.5 Å². The fraction of sp³-hybridized carbons (Fsp3) is 0.667. The quantitative estimate of drug-likeness (QED) is 0.521. The lowest BCUT2D eigenvalue weighted by atomic mass is 10.5. The van der Waals surface area contributed by atoms with E-state index in [1.165, 1.54) is 7.05 Å². The number of nitrogens with one attached hydrogen (secondary N) is 1. The molecule has 0 spiro atoms. The second-order valence-corrected chi connectivity index (χ2v) is 4.82. The van der Waals surface area contributed by atoms with Crippen LogP contribution in [0, 0.1) is 0 Å². The van der Waals surface area contributed by atoms with Crippen LogP contribution in [0.25, 0.3) is 0 Å². The van der Waals surface area contributed by atoms with E-state index in [1.807, 2.05) is 6.92 Å². The average Bonchev–Trinajstić information content (AvgIpc) is 2.47. The van der Waals surface area contributed by atoms with Gasteiger partial charge in [0.15, 0.2) is 0 Å². The number of carbonyl (C=O) groups excluding carboxylic acids is 1. The molecule has 0 aromatic carbocycles. The van der Waals surface area contributed by atoms with E-state index in [0.717, 1.165) is 10.1 Å². The minimum absolute atomic E-state index is 0.347. The summed E-state index contributed by atoms with van der Waals surface area (Å²) in [6, 6.07) is 0. The predicted molar refractivity (Wildman–Crippen MR) is 52.5 cm³/mol. The number of oxime groups is 1. The number of amides is 1. The number of rotatable bonds is 1. The SMILES string of the molecule is CNC(=O)ON=C1SCSC1C. The van der Waals surface area contributed by atoms with Gasteiger partial charge in [0.25, 0.3) is 0 Å². The normalized spacial score (nSPS) is 25.8. The number of thioether (sulfide) groups is 2. The standard InChI is InChI=1S/C6H10N2O2S2/c1-4-5(12-3-11-4)8-10-6(9)7-2/h4H,3H2,1-2H3,(H,7,9). The van der Waals surface area contributed by atoms with Gasteiger partial charge in [-0.3, -0.25) is 4.84 Å². The van der Waals surface area contributed by atoms with Crippen LogP contribution in [0.1, 0.15) is 6.92 Å². The fourth-order valence-corrected chi connectivity index (χ4v) is 3.11. The van der Waals surface area contributed by atoms with Gasteiger partial charge in [0.05, 0.1) is 5.25 Å². The van der Waals surface area contributed by atoms with Crippen LogP contribution in [0.15, 0.2) is 5.16 Å². The van der Waals surface area contributed by atoms with E-state index in [9.17, 15) is 4.79 Å². The predicted octanol–water partition coefficient (Wildman–Crippen LogP) is 1.48. The maximum atomic E-state index is 10.6. The van der Waals surface area contributed by atoms with Gasteiger partial charge in [0, 0.05) is 12.1 Å². The summed E-state index contributed by atoms with van der Waals surface area (Å²) < 4.78 is 0. The molecule has 1 saturated heterocycles. The summed E-state index contributed by atoms with van der Waals surface area (Å²) in [5.41, 5.74) is 0. The summed E-state index contributed by atoms with van der Waals surface area (Å²) in [6.07, 6.45) is -0.521. The summed E-state index contributed by atoms with van der Waals surface area (Å²) in [5.74, 6) is 0. The van der Waals surface area contributed by atoms with Crippen molar-refractivity contribution in [2.45, 2.75) is 12.2 Å². The Morgan fingerprint density at radius 3 is 3.08 bits per heavy atom. The topological polar surface area (TPSA) is 50.7 Å². The fourth-order valence-electron chi connectivity index (χ4n) is 0.618. The molecule has 0 aromatic rings. The van der Waals surface area contributed by atoms with Crippen molar-refractivity contribution in [1.29, 1.82) is 0 Å². The Bertz CT molecular complexity index is 208. The van der Waals surface area contributed by atoms with Gasteiger partial charge < -0.3 is 5.32 Å². The zero-order chi connectivity index (χ0) is 8.97. The molecule has 0 aliphatic carbocycles. The third-order valence-corrected chi connectivity index (χ3v) is 3.91. The van der Waals surface area contributed by atoms with Gasteiger partial charge in [-0.2, -0.15) is 0 Å². The maximum absolute atomic E-state index is 10.6. The molecule has 1 atom stereocenters. The molecule has 0 radical (unpaired) electrons. The summed E-state index contributed by atoms with van der Waals surface area (Å²) in [5, 5.41) is 8.25. The van der Waals surface area contributed by atoms with Gasteiger partial charge in [-0.05, 0) is 6.92 Å². The highest BCUT2D eigenvalue weighted by Gasteiger charge is 2.20. The molecule has 1 N–H and O–H groups in total. The molecule has 68 valence electrons. The lowest BCUT2D eigenvalue weighted by molar-refractivity contribution is 0.153. The van der Waals surface area contributed by atoms with Crippen LogP contribution < -0.4 is 5.32 Å². The Kier molecular flexibility index (Phi) is 3.74. The second kappa shape index (κ2) is 4.61. The lowest BCUT2D eigenvalue weighted by Crippen LogP contribution is -2.17. The van der Waals surface area contributed by atoms with Crippen LogP contribution >= 0.6 is 23.5 Å². The summed E-state index contributed by atoms with van der Waals surface area (Å²) in [6.45, 7) is 2.04.